The Morgan fingerprint density at radius 3 is 2.00 bits per heavy atom. The normalized spacial score (nSPS) is 11.6. The van der Waals surface area contributed by atoms with Gasteiger partial charge in [-0.3, -0.25) is 0 Å². The predicted octanol–water partition coefficient (Wildman–Crippen LogP) is -0.695. The van der Waals surface area contributed by atoms with Crippen molar-refractivity contribution in [1.29, 1.82) is 0 Å². The Labute approximate surface area is 83.7 Å². The van der Waals surface area contributed by atoms with Crippen LogP contribution < -0.4 is 0 Å². The molecule has 6 nitrogen and oxygen atoms in total. The zero-order valence-electron chi connectivity index (χ0n) is 9.18. The summed E-state index contributed by atoms with van der Waals surface area (Å²) in [6, 6.07) is 0. The molecule has 0 aromatic carbocycles. The van der Waals surface area contributed by atoms with Crippen LogP contribution in [0.15, 0.2) is 5.16 Å². The van der Waals surface area contributed by atoms with Crippen molar-refractivity contribution < 1.29 is 14.7 Å². The minimum Gasteiger partial charge on any atom is -0.382 e. The molecule has 14 heavy (non-hydrogen) atoms. The van der Waals surface area contributed by atoms with E-state index in [0.29, 0.717) is 5.96 Å². The zero-order chi connectivity index (χ0) is 11.3. The molecule has 82 valence electrons. The average molecular weight is 203 g/mol. The second kappa shape index (κ2) is 5.43. The largest absolute Gasteiger partial charge is 0.382 e. The summed E-state index contributed by atoms with van der Waals surface area (Å²) in [6.07, 6.45) is -1.16. The van der Waals surface area contributed by atoms with Crippen LogP contribution in [0, 0.1) is 0 Å². The summed E-state index contributed by atoms with van der Waals surface area (Å²) in [5.41, 5.74) is 0. The lowest BCUT2D eigenvalue weighted by atomic mass is 10.4. The monoisotopic (exact) mass is 203 g/mol. The highest BCUT2D eigenvalue weighted by molar-refractivity contribution is 5.80. The molecule has 0 aromatic heterocycles. The van der Waals surface area contributed by atoms with E-state index in [1.54, 1.807) is 38.0 Å². The van der Waals surface area contributed by atoms with Crippen LogP contribution in [0.3, 0.4) is 0 Å². The van der Waals surface area contributed by atoms with Crippen molar-refractivity contribution in [3.63, 3.8) is 0 Å². The summed E-state index contributed by atoms with van der Waals surface area (Å²) in [5, 5.41) is 12.4. The van der Waals surface area contributed by atoms with Crippen molar-refractivity contribution >= 4 is 11.9 Å². The van der Waals surface area contributed by atoms with Gasteiger partial charge in [0.2, 0.25) is 5.96 Å². The summed E-state index contributed by atoms with van der Waals surface area (Å²) in [6.45, 7) is 1.32. The molecule has 1 unspecified atom stereocenters. The van der Waals surface area contributed by atoms with E-state index >= 15 is 0 Å². The first kappa shape index (κ1) is 12.7. The molecule has 0 bridgehead atoms. The van der Waals surface area contributed by atoms with Gasteiger partial charge in [0.1, 0.15) is 0 Å². The van der Waals surface area contributed by atoms with Crippen LogP contribution in [0.1, 0.15) is 6.92 Å². The quantitative estimate of drug-likeness (QED) is 0.278. The van der Waals surface area contributed by atoms with Crippen LogP contribution in [-0.2, 0) is 9.63 Å². The number of aliphatic hydroxyl groups is 1. The maximum absolute atomic E-state index is 10.9. The SMILES string of the molecule is CC(O)C(=O)ON=C(N(C)C)N(C)C. The lowest BCUT2D eigenvalue weighted by Gasteiger charge is -2.21. The van der Waals surface area contributed by atoms with Crippen molar-refractivity contribution in [2.24, 2.45) is 5.16 Å². The summed E-state index contributed by atoms with van der Waals surface area (Å²) < 4.78 is 0. The standard InChI is InChI=1S/C8H17N3O3/c1-6(12)7(13)14-9-8(10(2)3)11(4)5/h6,12H,1-5H3. The number of guanidine groups is 1. The van der Waals surface area contributed by atoms with E-state index in [1.807, 2.05) is 0 Å². The Kier molecular flexibility index (Phi) is 4.93. The van der Waals surface area contributed by atoms with Gasteiger partial charge in [-0.05, 0) is 12.1 Å². The van der Waals surface area contributed by atoms with E-state index in [4.69, 9.17) is 5.11 Å². The van der Waals surface area contributed by atoms with Gasteiger partial charge in [0.25, 0.3) is 0 Å². The van der Waals surface area contributed by atoms with Crippen molar-refractivity contribution in [2.75, 3.05) is 28.2 Å². The van der Waals surface area contributed by atoms with E-state index in [1.165, 1.54) is 6.92 Å². The average Bonchev–Trinajstić information content (AvgIpc) is 2.02. The Morgan fingerprint density at radius 2 is 1.71 bits per heavy atom. The van der Waals surface area contributed by atoms with E-state index in [9.17, 15) is 4.79 Å². The van der Waals surface area contributed by atoms with Gasteiger partial charge < -0.3 is 19.7 Å². The van der Waals surface area contributed by atoms with Gasteiger partial charge in [-0.1, -0.05) is 0 Å². The molecular formula is C8H17N3O3. The molecule has 0 amide bonds. The number of aliphatic hydroxyl groups excluding tert-OH is 1. The smallest absolute Gasteiger partial charge is 0.363 e. The van der Waals surface area contributed by atoms with Crippen molar-refractivity contribution in [3.8, 4) is 0 Å². The molecule has 0 aliphatic carbocycles. The zero-order valence-corrected chi connectivity index (χ0v) is 9.18. The van der Waals surface area contributed by atoms with Crippen LogP contribution in [0.5, 0.6) is 0 Å². The van der Waals surface area contributed by atoms with Crippen LogP contribution in [0.25, 0.3) is 0 Å². The maximum atomic E-state index is 10.9. The van der Waals surface area contributed by atoms with Gasteiger partial charge in [-0.2, -0.15) is 0 Å². The first-order valence-corrected chi connectivity index (χ1v) is 4.17. The Morgan fingerprint density at radius 1 is 1.29 bits per heavy atom. The lowest BCUT2D eigenvalue weighted by molar-refractivity contribution is -0.152. The minimum absolute atomic E-state index is 0.485. The van der Waals surface area contributed by atoms with Gasteiger partial charge in [0.05, 0.1) is 0 Å². The van der Waals surface area contributed by atoms with Crippen molar-refractivity contribution in [2.45, 2.75) is 13.0 Å². The van der Waals surface area contributed by atoms with E-state index in [0.717, 1.165) is 0 Å². The molecule has 0 spiro atoms. The van der Waals surface area contributed by atoms with Crippen LogP contribution in [-0.4, -0.2) is 61.1 Å². The van der Waals surface area contributed by atoms with Crippen LogP contribution >= 0.6 is 0 Å². The summed E-state index contributed by atoms with van der Waals surface area (Å²) >= 11 is 0. The Bertz CT molecular complexity index is 214. The highest BCUT2D eigenvalue weighted by Gasteiger charge is 2.12. The van der Waals surface area contributed by atoms with E-state index in [-0.39, 0.29) is 0 Å². The van der Waals surface area contributed by atoms with Crippen molar-refractivity contribution in [1.82, 2.24) is 9.80 Å². The molecule has 0 aliphatic rings. The molecule has 0 saturated carbocycles. The summed E-state index contributed by atoms with van der Waals surface area (Å²) in [7, 11) is 7.09. The maximum Gasteiger partial charge on any atom is 0.363 e. The van der Waals surface area contributed by atoms with Gasteiger partial charge in [0.15, 0.2) is 6.10 Å². The number of carbonyl (C=O) groups excluding carboxylic acids is 1. The second-order valence-electron chi connectivity index (χ2n) is 3.27. The molecule has 0 heterocycles. The molecular weight excluding hydrogens is 186 g/mol. The fourth-order valence-corrected chi connectivity index (χ4v) is 0.725. The van der Waals surface area contributed by atoms with Gasteiger partial charge in [-0.25, -0.2) is 4.79 Å². The van der Waals surface area contributed by atoms with E-state index in [2.05, 4.69) is 9.99 Å². The molecule has 6 heteroatoms. The first-order chi connectivity index (χ1) is 6.36. The van der Waals surface area contributed by atoms with Gasteiger partial charge >= 0.3 is 5.97 Å². The van der Waals surface area contributed by atoms with Crippen LogP contribution in [0.2, 0.25) is 0 Å². The number of nitrogens with zero attached hydrogens (tertiary/aromatic N) is 3. The Balaban J connectivity index is 4.38. The summed E-state index contributed by atoms with van der Waals surface area (Å²) in [4.78, 5) is 18.8. The number of rotatable bonds is 2. The van der Waals surface area contributed by atoms with Crippen LogP contribution in [0.4, 0.5) is 0 Å². The molecule has 0 rings (SSSR count). The topological polar surface area (TPSA) is 65.4 Å². The fraction of sp³-hybridized carbons (Fsp3) is 0.750. The second-order valence-corrected chi connectivity index (χ2v) is 3.27. The highest BCUT2D eigenvalue weighted by Crippen LogP contribution is 1.93. The van der Waals surface area contributed by atoms with E-state index < -0.39 is 12.1 Å². The third-order valence-corrected chi connectivity index (χ3v) is 1.36. The summed E-state index contributed by atoms with van der Waals surface area (Å²) in [5.74, 6) is -0.287. The fourth-order valence-electron chi connectivity index (χ4n) is 0.725. The molecule has 0 aromatic rings. The molecule has 0 saturated heterocycles. The lowest BCUT2D eigenvalue weighted by Crippen LogP contribution is -2.36. The number of hydrogen-bond donors (Lipinski definition) is 1. The van der Waals surface area contributed by atoms with Gasteiger partial charge in [0, 0.05) is 28.2 Å². The Hall–Kier alpha value is -1.30. The third-order valence-electron chi connectivity index (χ3n) is 1.36. The third kappa shape index (κ3) is 4.08. The van der Waals surface area contributed by atoms with Gasteiger partial charge in [-0.15, -0.1) is 0 Å². The minimum atomic E-state index is -1.16. The first-order valence-electron chi connectivity index (χ1n) is 4.17. The highest BCUT2D eigenvalue weighted by atomic mass is 16.7. The molecule has 0 aliphatic heterocycles. The number of oxime groups is 1. The molecule has 0 radical (unpaired) electrons. The number of carbonyl (C=O) groups is 1. The molecule has 1 atom stereocenters. The molecule has 0 fully saturated rings. The predicted molar refractivity (Wildman–Crippen MR) is 52.6 cm³/mol. The number of hydrogen-bond acceptors (Lipinski definition) is 4. The molecule has 1 N–H and O–H groups in total. The van der Waals surface area contributed by atoms with Crippen molar-refractivity contribution in [3.05, 3.63) is 0 Å².